The minimum Gasteiger partial charge on any atom is -0.480 e. The van der Waals surface area contributed by atoms with Gasteiger partial charge in [-0.2, -0.15) is 5.10 Å². The number of carboxylic acid groups (broad SMARTS) is 1. The van der Waals surface area contributed by atoms with Crippen molar-refractivity contribution in [3.63, 3.8) is 0 Å². The zero-order valence-corrected chi connectivity index (χ0v) is 10.0. The van der Waals surface area contributed by atoms with Gasteiger partial charge in [-0.1, -0.05) is 0 Å². The highest BCUT2D eigenvalue weighted by atomic mass is 16.4. The smallest absolute Gasteiger partial charge is 0.326 e. The number of carbonyl (C=O) groups excluding carboxylic acids is 1. The van der Waals surface area contributed by atoms with E-state index in [1.165, 1.54) is 17.6 Å². The van der Waals surface area contributed by atoms with Gasteiger partial charge in [0.1, 0.15) is 18.7 Å². The standard InChI is InChI=1S/C11H16N4O3/c16-10(4-6-14-8-12-7-13-14)15-5-2-1-3-9(15)11(17)18/h7-9H,1-6H2,(H,17,18)/t9-/m1/s1. The van der Waals surface area contributed by atoms with E-state index in [9.17, 15) is 9.59 Å². The summed E-state index contributed by atoms with van der Waals surface area (Å²) in [5.41, 5.74) is 0. The molecule has 0 bridgehead atoms. The summed E-state index contributed by atoms with van der Waals surface area (Å²) in [4.78, 5) is 28.4. The third-order valence-corrected chi connectivity index (χ3v) is 3.13. The number of piperidine rings is 1. The maximum atomic E-state index is 12.0. The van der Waals surface area contributed by atoms with Crippen LogP contribution in [0.5, 0.6) is 0 Å². The molecule has 1 atom stereocenters. The Morgan fingerprint density at radius 1 is 1.39 bits per heavy atom. The lowest BCUT2D eigenvalue weighted by molar-refractivity contribution is -0.152. The van der Waals surface area contributed by atoms with Crippen LogP contribution >= 0.6 is 0 Å². The Labute approximate surface area is 104 Å². The fraction of sp³-hybridized carbons (Fsp3) is 0.636. The van der Waals surface area contributed by atoms with Crippen LogP contribution in [0, 0.1) is 0 Å². The van der Waals surface area contributed by atoms with E-state index < -0.39 is 12.0 Å². The van der Waals surface area contributed by atoms with E-state index in [0.29, 0.717) is 19.5 Å². The molecule has 1 aromatic heterocycles. The van der Waals surface area contributed by atoms with Gasteiger partial charge < -0.3 is 10.0 Å². The quantitative estimate of drug-likeness (QED) is 0.823. The minimum atomic E-state index is -0.913. The number of amides is 1. The van der Waals surface area contributed by atoms with Crippen molar-refractivity contribution in [2.75, 3.05) is 6.54 Å². The first kappa shape index (κ1) is 12.5. The van der Waals surface area contributed by atoms with E-state index in [1.54, 1.807) is 4.68 Å². The van der Waals surface area contributed by atoms with Crippen LogP contribution in [-0.2, 0) is 16.1 Å². The number of likely N-dealkylation sites (tertiary alicyclic amines) is 1. The lowest BCUT2D eigenvalue weighted by Gasteiger charge is -2.33. The lowest BCUT2D eigenvalue weighted by Crippen LogP contribution is -2.48. The molecule has 7 nitrogen and oxygen atoms in total. The summed E-state index contributed by atoms with van der Waals surface area (Å²) < 4.78 is 1.57. The van der Waals surface area contributed by atoms with Crippen molar-refractivity contribution in [2.45, 2.75) is 38.3 Å². The normalized spacial score (nSPS) is 19.8. The number of aryl methyl sites for hydroxylation is 1. The van der Waals surface area contributed by atoms with Gasteiger partial charge in [-0.05, 0) is 19.3 Å². The summed E-state index contributed by atoms with van der Waals surface area (Å²) in [6.07, 6.45) is 5.49. The highest BCUT2D eigenvalue weighted by Gasteiger charge is 2.31. The van der Waals surface area contributed by atoms with Crippen LogP contribution in [-0.4, -0.2) is 49.2 Å². The zero-order valence-electron chi connectivity index (χ0n) is 10.0. The van der Waals surface area contributed by atoms with Crippen molar-refractivity contribution in [2.24, 2.45) is 0 Å². The molecule has 7 heteroatoms. The van der Waals surface area contributed by atoms with Crippen molar-refractivity contribution >= 4 is 11.9 Å². The van der Waals surface area contributed by atoms with Crippen LogP contribution < -0.4 is 0 Å². The van der Waals surface area contributed by atoms with Crippen molar-refractivity contribution in [3.8, 4) is 0 Å². The highest BCUT2D eigenvalue weighted by Crippen LogP contribution is 2.18. The van der Waals surface area contributed by atoms with Gasteiger partial charge >= 0.3 is 5.97 Å². The van der Waals surface area contributed by atoms with E-state index in [-0.39, 0.29) is 12.3 Å². The number of nitrogens with zero attached hydrogens (tertiary/aromatic N) is 4. The number of aliphatic carboxylic acids is 1. The van der Waals surface area contributed by atoms with Crippen LogP contribution in [0.15, 0.2) is 12.7 Å². The second-order valence-corrected chi connectivity index (χ2v) is 4.35. The summed E-state index contributed by atoms with van der Waals surface area (Å²) in [6.45, 7) is 0.967. The molecule has 2 rings (SSSR count). The Kier molecular flexibility index (Phi) is 3.91. The summed E-state index contributed by atoms with van der Waals surface area (Å²) >= 11 is 0. The van der Waals surface area contributed by atoms with Crippen LogP contribution in [0.4, 0.5) is 0 Å². The van der Waals surface area contributed by atoms with Gasteiger partial charge in [0, 0.05) is 13.0 Å². The third-order valence-electron chi connectivity index (χ3n) is 3.13. The molecule has 1 aliphatic heterocycles. The molecule has 1 amide bonds. The number of hydrogen-bond donors (Lipinski definition) is 1. The topological polar surface area (TPSA) is 88.3 Å². The first-order valence-electron chi connectivity index (χ1n) is 6.03. The van der Waals surface area contributed by atoms with E-state index in [1.807, 2.05) is 0 Å². The SMILES string of the molecule is O=C(O)[C@H]1CCCCN1C(=O)CCn1cncn1. The van der Waals surface area contributed by atoms with Gasteiger partial charge in [0.05, 0.1) is 6.54 Å². The predicted octanol–water partition coefficient (Wildman–Crippen LogP) is 0.134. The minimum absolute atomic E-state index is 0.127. The monoisotopic (exact) mass is 252 g/mol. The number of carbonyl (C=O) groups is 2. The number of carboxylic acids is 1. The average molecular weight is 252 g/mol. The average Bonchev–Trinajstić information content (AvgIpc) is 2.89. The van der Waals surface area contributed by atoms with E-state index in [2.05, 4.69) is 10.1 Å². The molecular formula is C11H16N4O3. The Morgan fingerprint density at radius 2 is 2.22 bits per heavy atom. The van der Waals surface area contributed by atoms with Gasteiger partial charge in [-0.3, -0.25) is 9.48 Å². The molecule has 0 aliphatic carbocycles. The number of hydrogen-bond acceptors (Lipinski definition) is 4. The fourth-order valence-corrected chi connectivity index (χ4v) is 2.19. The molecule has 1 aromatic rings. The highest BCUT2D eigenvalue weighted by molar-refractivity contribution is 5.83. The van der Waals surface area contributed by atoms with Gasteiger partial charge in [-0.25, -0.2) is 9.78 Å². The van der Waals surface area contributed by atoms with Crippen molar-refractivity contribution < 1.29 is 14.7 Å². The number of rotatable bonds is 4. The Balaban J connectivity index is 1.92. The second-order valence-electron chi connectivity index (χ2n) is 4.35. The summed E-state index contributed by atoms with van der Waals surface area (Å²) in [5, 5.41) is 13.0. The molecule has 18 heavy (non-hydrogen) atoms. The van der Waals surface area contributed by atoms with E-state index in [0.717, 1.165) is 12.8 Å². The Hall–Kier alpha value is -1.92. The van der Waals surface area contributed by atoms with Crippen LogP contribution in [0.2, 0.25) is 0 Å². The second kappa shape index (κ2) is 5.61. The van der Waals surface area contributed by atoms with Crippen LogP contribution in [0.3, 0.4) is 0 Å². The first-order chi connectivity index (χ1) is 8.68. The molecule has 1 saturated heterocycles. The molecule has 1 aliphatic rings. The zero-order chi connectivity index (χ0) is 13.0. The van der Waals surface area contributed by atoms with Crippen LogP contribution in [0.25, 0.3) is 0 Å². The number of aromatic nitrogens is 3. The Bertz CT molecular complexity index is 418. The van der Waals surface area contributed by atoms with Gasteiger partial charge in [0.25, 0.3) is 0 Å². The molecule has 0 radical (unpaired) electrons. The van der Waals surface area contributed by atoms with Gasteiger partial charge in [-0.15, -0.1) is 0 Å². The lowest BCUT2D eigenvalue weighted by atomic mass is 10.0. The fourth-order valence-electron chi connectivity index (χ4n) is 2.19. The van der Waals surface area contributed by atoms with Gasteiger partial charge in [0.15, 0.2) is 0 Å². The molecule has 98 valence electrons. The maximum Gasteiger partial charge on any atom is 0.326 e. The molecule has 1 N–H and O–H groups in total. The van der Waals surface area contributed by atoms with E-state index in [4.69, 9.17) is 5.11 Å². The molecule has 0 unspecified atom stereocenters. The summed E-state index contributed by atoms with van der Waals surface area (Å²) in [7, 11) is 0. The van der Waals surface area contributed by atoms with Crippen molar-refractivity contribution in [1.82, 2.24) is 19.7 Å². The molecule has 1 fully saturated rings. The van der Waals surface area contributed by atoms with Gasteiger partial charge in [0.2, 0.25) is 5.91 Å². The summed E-state index contributed by atoms with van der Waals surface area (Å²) in [5.74, 6) is -1.04. The molecule has 0 aromatic carbocycles. The molecule has 0 spiro atoms. The molecule has 2 heterocycles. The molecular weight excluding hydrogens is 236 g/mol. The predicted molar refractivity (Wildman–Crippen MR) is 61.6 cm³/mol. The maximum absolute atomic E-state index is 12.0. The molecule has 0 saturated carbocycles. The summed E-state index contributed by atoms with van der Waals surface area (Å²) in [6, 6.07) is -0.665. The third kappa shape index (κ3) is 2.85. The van der Waals surface area contributed by atoms with E-state index >= 15 is 0 Å². The van der Waals surface area contributed by atoms with Crippen molar-refractivity contribution in [1.29, 1.82) is 0 Å². The first-order valence-corrected chi connectivity index (χ1v) is 6.03. The Morgan fingerprint density at radius 3 is 2.89 bits per heavy atom. The largest absolute Gasteiger partial charge is 0.480 e. The van der Waals surface area contributed by atoms with Crippen LogP contribution in [0.1, 0.15) is 25.7 Å². The van der Waals surface area contributed by atoms with Crippen molar-refractivity contribution in [3.05, 3.63) is 12.7 Å².